The molecule has 1 aromatic carbocycles. The summed E-state index contributed by atoms with van der Waals surface area (Å²) < 4.78 is 12.7. The number of aromatic amines is 1. The zero-order chi connectivity index (χ0) is 8.55. The molecule has 0 saturated heterocycles. The summed E-state index contributed by atoms with van der Waals surface area (Å²) in [6.07, 6.45) is 0.705. The van der Waals surface area contributed by atoms with Gasteiger partial charge in [0.05, 0.1) is 0 Å². The first kappa shape index (κ1) is 7.35. The van der Waals surface area contributed by atoms with Crippen LogP contribution >= 0.6 is 0 Å². The largest absolute Gasteiger partial charge is 0.358 e. The molecule has 1 aromatic heterocycles. The Morgan fingerprint density at radius 1 is 1.33 bits per heavy atom. The number of hydrogen-bond acceptors (Lipinski definition) is 0. The minimum atomic E-state index is -0.197. The minimum Gasteiger partial charge on any atom is -0.358 e. The average molecular weight is 162 g/mol. The number of H-pyrrole nitrogens is 1. The van der Waals surface area contributed by atoms with E-state index in [2.05, 4.69) is 11.9 Å². The van der Waals surface area contributed by atoms with Gasteiger partial charge in [0.25, 0.3) is 0 Å². The van der Waals surface area contributed by atoms with E-state index in [9.17, 15) is 4.39 Å². The number of aromatic nitrogens is 1. The monoisotopic (exact) mass is 162 g/mol. The minimum absolute atomic E-state index is 0.197. The van der Waals surface area contributed by atoms with Crippen LogP contribution in [-0.4, -0.2) is 4.98 Å². The van der Waals surface area contributed by atoms with E-state index in [1.807, 2.05) is 6.07 Å². The normalized spacial score (nSPS) is 10.8. The van der Waals surface area contributed by atoms with Gasteiger partial charge in [-0.15, -0.1) is 0 Å². The highest BCUT2D eigenvalue weighted by Gasteiger charge is 1.99. The maximum atomic E-state index is 12.7. The molecule has 1 heterocycles. The Hall–Kier alpha value is -1.31. The lowest BCUT2D eigenvalue weighted by atomic mass is 10.2. The molecule has 1 radical (unpaired) electrons. The fourth-order valence-electron chi connectivity index (χ4n) is 1.30. The van der Waals surface area contributed by atoms with E-state index in [4.69, 9.17) is 0 Å². The van der Waals surface area contributed by atoms with Gasteiger partial charge in [0.1, 0.15) is 5.82 Å². The van der Waals surface area contributed by atoms with Crippen molar-refractivity contribution in [3.05, 3.63) is 42.7 Å². The van der Waals surface area contributed by atoms with Gasteiger partial charge in [-0.2, -0.15) is 0 Å². The second-order valence-corrected chi connectivity index (χ2v) is 2.78. The van der Waals surface area contributed by atoms with Gasteiger partial charge in [-0.25, -0.2) is 4.39 Å². The number of nitrogens with one attached hydrogen (secondary N) is 1. The number of benzene rings is 1. The molecule has 0 unspecified atom stereocenters. The van der Waals surface area contributed by atoms with Crippen LogP contribution in [0.5, 0.6) is 0 Å². The van der Waals surface area contributed by atoms with Gasteiger partial charge in [0.2, 0.25) is 0 Å². The highest BCUT2D eigenvalue weighted by molar-refractivity contribution is 5.80. The third-order valence-electron chi connectivity index (χ3n) is 1.91. The Bertz CT molecular complexity index is 403. The zero-order valence-electron chi connectivity index (χ0n) is 6.60. The molecule has 0 aliphatic heterocycles. The summed E-state index contributed by atoms with van der Waals surface area (Å²) in [5.74, 6) is -0.197. The van der Waals surface area contributed by atoms with E-state index in [1.165, 1.54) is 12.1 Å². The maximum absolute atomic E-state index is 12.7. The first-order valence-corrected chi connectivity index (χ1v) is 3.86. The summed E-state index contributed by atoms with van der Waals surface area (Å²) in [6.45, 7) is 3.75. The molecule has 2 heteroatoms. The van der Waals surface area contributed by atoms with Crippen LogP contribution in [0.3, 0.4) is 0 Å². The summed E-state index contributed by atoms with van der Waals surface area (Å²) in [4.78, 5) is 3.14. The smallest absolute Gasteiger partial charge is 0.123 e. The number of hydrogen-bond donors (Lipinski definition) is 1. The Kier molecular flexibility index (Phi) is 1.61. The van der Waals surface area contributed by atoms with Crippen molar-refractivity contribution < 1.29 is 4.39 Å². The average Bonchev–Trinajstić information content (AvgIpc) is 2.46. The van der Waals surface area contributed by atoms with Crippen molar-refractivity contribution in [3.8, 4) is 0 Å². The highest BCUT2D eigenvalue weighted by Crippen LogP contribution is 2.16. The lowest BCUT2D eigenvalue weighted by Crippen LogP contribution is -1.75. The number of rotatable bonds is 1. The first-order chi connectivity index (χ1) is 5.79. The van der Waals surface area contributed by atoms with Gasteiger partial charge in [-0.1, -0.05) is 0 Å². The molecule has 0 aliphatic carbocycles. The fraction of sp³-hybridized carbons (Fsp3) is 0.100. The summed E-state index contributed by atoms with van der Waals surface area (Å²) in [5, 5.41) is 0.911. The van der Waals surface area contributed by atoms with Gasteiger partial charge in [-0.05, 0) is 37.6 Å². The molecule has 61 valence electrons. The second-order valence-electron chi connectivity index (χ2n) is 2.78. The Morgan fingerprint density at radius 3 is 2.92 bits per heavy atom. The Balaban J connectivity index is 2.67. The number of fused-ring (bicyclic) bond motifs is 1. The van der Waals surface area contributed by atoms with Gasteiger partial charge in [-0.3, -0.25) is 0 Å². The Labute approximate surface area is 70.2 Å². The second kappa shape index (κ2) is 2.63. The molecule has 0 amide bonds. The predicted molar refractivity (Wildman–Crippen MR) is 47.3 cm³/mol. The van der Waals surface area contributed by atoms with Crippen molar-refractivity contribution in [1.82, 2.24) is 4.98 Å². The summed E-state index contributed by atoms with van der Waals surface area (Å²) in [7, 11) is 0. The van der Waals surface area contributed by atoms with Crippen LogP contribution in [0.15, 0.2) is 24.3 Å². The van der Waals surface area contributed by atoms with Crippen molar-refractivity contribution in [2.75, 3.05) is 0 Å². The van der Waals surface area contributed by atoms with Crippen molar-refractivity contribution in [3.63, 3.8) is 0 Å². The van der Waals surface area contributed by atoms with Crippen molar-refractivity contribution in [1.29, 1.82) is 0 Å². The third-order valence-corrected chi connectivity index (χ3v) is 1.91. The standard InChI is InChI=1S/C10H9FN/c1-2-9-6-7-5-8(11)3-4-10(7)12-9/h3-6,12H,1-2H2. The predicted octanol–water partition coefficient (Wildman–Crippen LogP) is 2.68. The van der Waals surface area contributed by atoms with Crippen LogP contribution in [0.25, 0.3) is 10.9 Å². The van der Waals surface area contributed by atoms with Gasteiger partial charge >= 0.3 is 0 Å². The number of halogens is 1. The van der Waals surface area contributed by atoms with Gasteiger partial charge in [0.15, 0.2) is 0 Å². The molecule has 0 atom stereocenters. The summed E-state index contributed by atoms with van der Waals surface area (Å²) >= 11 is 0. The molecule has 1 nitrogen and oxygen atoms in total. The molecule has 0 bridgehead atoms. The molecule has 0 spiro atoms. The lowest BCUT2D eigenvalue weighted by Gasteiger charge is -1.87. The maximum Gasteiger partial charge on any atom is 0.123 e. The quantitative estimate of drug-likeness (QED) is 0.663. The van der Waals surface area contributed by atoms with E-state index in [1.54, 1.807) is 6.07 Å². The van der Waals surface area contributed by atoms with E-state index < -0.39 is 0 Å². The van der Waals surface area contributed by atoms with Gasteiger partial charge < -0.3 is 4.98 Å². The molecule has 0 aliphatic rings. The summed E-state index contributed by atoms with van der Waals surface area (Å²) in [6, 6.07) is 6.63. The third kappa shape index (κ3) is 1.09. The van der Waals surface area contributed by atoms with E-state index >= 15 is 0 Å². The van der Waals surface area contributed by atoms with E-state index in [0.717, 1.165) is 16.6 Å². The van der Waals surface area contributed by atoms with Crippen LogP contribution in [-0.2, 0) is 6.42 Å². The zero-order valence-corrected chi connectivity index (χ0v) is 6.60. The summed E-state index contributed by atoms with van der Waals surface area (Å²) in [5.41, 5.74) is 2.01. The van der Waals surface area contributed by atoms with E-state index in [-0.39, 0.29) is 5.82 Å². The molecular weight excluding hydrogens is 153 g/mol. The van der Waals surface area contributed by atoms with Crippen LogP contribution in [0.2, 0.25) is 0 Å². The molecule has 12 heavy (non-hydrogen) atoms. The molecule has 0 fully saturated rings. The van der Waals surface area contributed by atoms with Crippen LogP contribution in [0.1, 0.15) is 5.69 Å². The topological polar surface area (TPSA) is 15.8 Å². The van der Waals surface area contributed by atoms with Crippen LogP contribution in [0, 0.1) is 12.7 Å². The molecule has 0 saturated carbocycles. The lowest BCUT2D eigenvalue weighted by molar-refractivity contribution is 0.630. The molecular formula is C10H9FN. The Morgan fingerprint density at radius 2 is 2.17 bits per heavy atom. The van der Waals surface area contributed by atoms with Crippen LogP contribution < -0.4 is 0 Å². The van der Waals surface area contributed by atoms with Gasteiger partial charge in [0, 0.05) is 16.6 Å². The highest BCUT2D eigenvalue weighted by atomic mass is 19.1. The van der Waals surface area contributed by atoms with Crippen molar-refractivity contribution >= 4 is 10.9 Å². The van der Waals surface area contributed by atoms with Crippen LogP contribution in [0.4, 0.5) is 4.39 Å². The SMILES string of the molecule is [CH2]Cc1cc2cc(F)ccc2[nH]1. The van der Waals surface area contributed by atoms with Crippen molar-refractivity contribution in [2.45, 2.75) is 6.42 Å². The first-order valence-electron chi connectivity index (χ1n) is 3.86. The molecule has 2 aromatic rings. The molecule has 1 N–H and O–H groups in total. The fourth-order valence-corrected chi connectivity index (χ4v) is 1.30. The van der Waals surface area contributed by atoms with E-state index in [0.29, 0.717) is 6.42 Å². The van der Waals surface area contributed by atoms with Crippen molar-refractivity contribution in [2.24, 2.45) is 0 Å². The molecule has 2 rings (SSSR count).